The number of nitrogens with one attached hydrogen (secondary N) is 1. The highest BCUT2D eigenvalue weighted by Gasteiger charge is 2.39. The molecular formula is C27H22F2N4O3S. The van der Waals surface area contributed by atoms with Gasteiger partial charge < -0.3 is 10.1 Å². The highest BCUT2D eigenvalue weighted by Crippen LogP contribution is 2.38. The summed E-state index contributed by atoms with van der Waals surface area (Å²) in [6.45, 7) is 0. The summed E-state index contributed by atoms with van der Waals surface area (Å²) in [5.41, 5.74) is 2.93. The Bertz CT molecular complexity index is 1380. The molecule has 1 N–H and O–H groups in total. The first-order valence-corrected chi connectivity index (χ1v) is 12.4. The van der Waals surface area contributed by atoms with Crippen LogP contribution in [0.5, 0.6) is 5.75 Å². The van der Waals surface area contributed by atoms with Crippen LogP contribution in [0.3, 0.4) is 0 Å². The predicted molar refractivity (Wildman–Crippen MR) is 139 cm³/mol. The first-order chi connectivity index (χ1) is 17.9. The molecule has 0 saturated heterocycles. The summed E-state index contributed by atoms with van der Waals surface area (Å²) >= 11 is 1.17. The van der Waals surface area contributed by atoms with Gasteiger partial charge in [-0.1, -0.05) is 23.9 Å². The van der Waals surface area contributed by atoms with Gasteiger partial charge in [0, 0.05) is 18.5 Å². The van der Waals surface area contributed by atoms with Crippen LogP contribution in [0.25, 0.3) is 0 Å². The number of hydrazone groups is 1. The quantitative estimate of drug-likeness (QED) is 0.486. The van der Waals surface area contributed by atoms with E-state index >= 15 is 0 Å². The van der Waals surface area contributed by atoms with E-state index in [1.165, 1.54) is 48.2 Å². The lowest BCUT2D eigenvalue weighted by Gasteiger charge is -2.23. The van der Waals surface area contributed by atoms with Gasteiger partial charge in [0.05, 0.1) is 18.9 Å². The van der Waals surface area contributed by atoms with Gasteiger partial charge in [-0.25, -0.2) is 13.8 Å². The van der Waals surface area contributed by atoms with Gasteiger partial charge in [0.2, 0.25) is 5.91 Å². The molecule has 2 aliphatic rings. The molecule has 37 heavy (non-hydrogen) atoms. The van der Waals surface area contributed by atoms with Crippen LogP contribution in [-0.4, -0.2) is 40.1 Å². The second-order valence-corrected chi connectivity index (χ2v) is 9.66. The number of ether oxygens (including phenoxy) is 1. The zero-order chi connectivity index (χ0) is 25.9. The summed E-state index contributed by atoms with van der Waals surface area (Å²) in [6, 6.07) is 18.7. The maximum atomic E-state index is 13.6. The highest BCUT2D eigenvalue weighted by molar-refractivity contribution is 8.15. The van der Waals surface area contributed by atoms with Crippen molar-refractivity contribution < 1.29 is 23.1 Å². The second-order valence-electron chi connectivity index (χ2n) is 8.49. The molecule has 5 rings (SSSR count). The fraction of sp³-hybridized carbons (Fsp3) is 0.185. The fourth-order valence-electron chi connectivity index (χ4n) is 4.11. The molecule has 0 saturated carbocycles. The van der Waals surface area contributed by atoms with E-state index in [4.69, 9.17) is 9.84 Å². The molecule has 10 heteroatoms. The van der Waals surface area contributed by atoms with E-state index in [9.17, 15) is 18.4 Å². The minimum absolute atomic E-state index is 0.0992. The molecule has 2 heterocycles. The van der Waals surface area contributed by atoms with Crippen molar-refractivity contribution in [3.05, 3.63) is 95.6 Å². The average molecular weight is 521 g/mol. The van der Waals surface area contributed by atoms with E-state index in [0.717, 1.165) is 22.6 Å². The first kappa shape index (κ1) is 24.6. The zero-order valence-corrected chi connectivity index (χ0v) is 20.5. The van der Waals surface area contributed by atoms with Crippen LogP contribution in [0, 0.1) is 11.6 Å². The smallest absolute Gasteiger partial charge is 0.262 e. The van der Waals surface area contributed by atoms with E-state index in [0.29, 0.717) is 17.3 Å². The molecule has 0 fully saturated rings. The standard InChI is InChI=1S/C27H22F2N4O3S/c1-36-21-12-4-16(5-13-21)22-14-23(17-2-6-18(28)7-3-17)33(32-22)27-31-26(35)24(37-27)15-25(34)30-20-10-8-19(29)9-11-20/h2-13,23-24H,14-15H2,1H3,(H,30,34)/t23-,24-/m1/s1. The maximum absolute atomic E-state index is 13.6. The second kappa shape index (κ2) is 10.5. The number of thioether (sulfide) groups is 1. The third kappa shape index (κ3) is 5.54. The largest absolute Gasteiger partial charge is 0.497 e. The Morgan fingerprint density at radius 3 is 2.32 bits per heavy atom. The van der Waals surface area contributed by atoms with Crippen molar-refractivity contribution in [2.75, 3.05) is 12.4 Å². The van der Waals surface area contributed by atoms with Crippen LogP contribution in [0.1, 0.15) is 30.0 Å². The Hall–Kier alpha value is -4.05. The number of anilines is 1. The van der Waals surface area contributed by atoms with Crippen molar-refractivity contribution in [3.8, 4) is 5.75 Å². The van der Waals surface area contributed by atoms with Crippen molar-refractivity contribution in [1.82, 2.24) is 5.01 Å². The number of halogens is 2. The summed E-state index contributed by atoms with van der Waals surface area (Å²) in [7, 11) is 1.59. The molecule has 3 aromatic carbocycles. The van der Waals surface area contributed by atoms with E-state index in [2.05, 4.69) is 10.3 Å². The van der Waals surface area contributed by atoms with Crippen LogP contribution in [0.4, 0.5) is 14.5 Å². The van der Waals surface area contributed by atoms with Crippen molar-refractivity contribution in [1.29, 1.82) is 0 Å². The Morgan fingerprint density at radius 2 is 1.68 bits per heavy atom. The third-order valence-corrected chi connectivity index (χ3v) is 7.15. The lowest BCUT2D eigenvalue weighted by molar-refractivity contribution is -0.121. The molecule has 2 amide bonds. The maximum Gasteiger partial charge on any atom is 0.262 e. The normalized spacial score (nSPS) is 19.0. The number of methoxy groups -OCH3 is 1. The van der Waals surface area contributed by atoms with Gasteiger partial charge in [-0.3, -0.25) is 9.59 Å². The van der Waals surface area contributed by atoms with Crippen LogP contribution < -0.4 is 10.1 Å². The summed E-state index contributed by atoms with van der Waals surface area (Å²) in [5.74, 6) is -0.849. The van der Waals surface area contributed by atoms with Gasteiger partial charge in [-0.05, 0) is 71.8 Å². The Balaban J connectivity index is 1.35. The van der Waals surface area contributed by atoms with E-state index in [-0.39, 0.29) is 24.2 Å². The number of rotatable bonds is 6. The number of amides is 2. The van der Waals surface area contributed by atoms with Crippen molar-refractivity contribution in [2.24, 2.45) is 10.1 Å². The Morgan fingerprint density at radius 1 is 1.03 bits per heavy atom. The summed E-state index contributed by atoms with van der Waals surface area (Å²) in [6.07, 6.45) is 0.416. The third-order valence-electron chi connectivity index (χ3n) is 6.01. The minimum atomic E-state index is -0.718. The lowest BCUT2D eigenvalue weighted by Crippen LogP contribution is -2.25. The molecule has 188 valence electrons. The fourth-order valence-corrected chi connectivity index (χ4v) is 5.17. The van der Waals surface area contributed by atoms with E-state index < -0.39 is 17.0 Å². The molecule has 3 aromatic rings. The molecule has 0 radical (unpaired) electrons. The SMILES string of the molecule is COc1ccc(C2=NN(C3=NC(=O)[C@@H](CC(=O)Nc4ccc(F)cc4)S3)[C@@H](c3ccc(F)cc3)C2)cc1. The average Bonchev–Trinajstić information content (AvgIpc) is 3.50. The summed E-state index contributed by atoms with van der Waals surface area (Å²) in [5, 5.41) is 8.78. The molecule has 2 atom stereocenters. The molecule has 0 bridgehead atoms. The predicted octanol–water partition coefficient (Wildman–Crippen LogP) is 5.15. The molecule has 0 spiro atoms. The topological polar surface area (TPSA) is 83.4 Å². The molecule has 7 nitrogen and oxygen atoms in total. The molecular weight excluding hydrogens is 498 g/mol. The Labute approximate surface area is 216 Å². The number of aliphatic imine (C=N–C) groups is 1. The zero-order valence-electron chi connectivity index (χ0n) is 19.7. The number of carbonyl (C=O) groups excluding carboxylic acids is 2. The number of hydrogen-bond donors (Lipinski definition) is 1. The Kier molecular flexibility index (Phi) is 7.00. The van der Waals surface area contributed by atoms with Crippen LogP contribution in [0.15, 0.2) is 82.9 Å². The highest BCUT2D eigenvalue weighted by atomic mass is 32.2. The number of benzene rings is 3. The minimum Gasteiger partial charge on any atom is -0.497 e. The monoisotopic (exact) mass is 520 g/mol. The molecule has 0 unspecified atom stereocenters. The van der Waals surface area contributed by atoms with Crippen LogP contribution in [0.2, 0.25) is 0 Å². The van der Waals surface area contributed by atoms with Crippen molar-refractivity contribution in [3.63, 3.8) is 0 Å². The number of nitrogens with zero attached hydrogens (tertiary/aromatic N) is 3. The van der Waals surface area contributed by atoms with Gasteiger partial charge >= 0.3 is 0 Å². The van der Waals surface area contributed by atoms with Crippen LogP contribution in [-0.2, 0) is 9.59 Å². The van der Waals surface area contributed by atoms with Gasteiger partial charge in [0.1, 0.15) is 22.6 Å². The number of carbonyl (C=O) groups is 2. The molecule has 2 aliphatic heterocycles. The van der Waals surface area contributed by atoms with Gasteiger partial charge in [-0.15, -0.1) is 0 Å². The lowest BCUT2D eigenvalue weighted by atomic mass is 9.98. The molecule has 0 aliphatic carbocycles. The summed E-state index contributed by atoms with van der Waals surface area (Å²) in [4.78, 5) is 29.4. The molecule has 0 aromatic heterocycles. The van der Waals surface area contributed by atoms with Gasteiger partial charge in [-0.2, -0.15) is 10.1 Å². The van der Waals surface area contributed by atoms with Crippen molar-refractivity contribution >= 4 is 40.1 Å². The van der Waals surface area contributed by atoms with Crippen LogP contribution >= 0.6 is 11.8 Å². The van der Waals surface area contributed by atoms with Crippen molar-refractivity contribution in [2.45, 2.75) is 24.1 Å². The van der Waals surface area contributed by atoms with Gasteiger partial charge in [0.15, 0.2) is 5.17 Å². The first-order valence-electron chi connectivity index (χ1n) is 11.5. The number of amidine groups is 1. The summed E-state index contributed by atoms with van der Waals surface area (Å²) < 4.78 is 32.0. The van der Waals surface area contributed by atoms with Gasteiger partial charge in [0.25, 0.3) is 5.91 Å². The number of hydrogen-bond acceptors (Lipinski definition) is 6. The van der Waals surface area contributed by atoms with E-state index in [1.54, 1.807) is 24.3 Å². The van der Waals surface area contributed by atoms with E-state index in [1.807, 2.05) is 24.3 Å².